The molecule has 1 rings (SSSR count). The first kappa shape index (κ1) is 18.6. The number of imide groups is 1. The second kappa shape index (κ2) is 11.7. The predicted molar refractivity (Wildman–Crippen MR) is 95.3 cm³/mol. The van der Waals surface area contributed by atoms with Crippen molar-refractivity contribution < 1.29 is 9.59 Å². The zero-order chi connectivity index (χ0) is 11.7. The Bertz CT molecular complexity index is 184. The summed E-state index contributed by atoms with van der Waals surface area (Å²) in [5.41, 5.74) is 0. The van der Waals surface area contributed by atoms with E-state index in [1.165, 1.54) is 0 Å². The first-order valence-corrected chi connectivity index (χ1v) is 13.9. The molecule has 0 aromatic rings. The standard InChI is InChI=1S/C4H4INO2.C2H4.I3P/c5-6-3(7)1-2-4(6)8;1-2;1-4(2)3/h1-2H2;1-2H2;. The van der Waals surface area contributed by atoms with Crippen molar-refractivity contribution in [3.8, 4) is 0 Å². The molecule has 1 fully saturated rings. The topological polar surface area (TPSA) is 37.4 Å². The first-order chi connectivity index (χ1) is 6.45. The molecule has 0 aromatic carbocycles. The third-order valence-corrected chi connectivity index (χ3v) is 2.07. The quantitative estimate of drug-likeness (QED) is 0.123. The van der Waals surface area contributed by atoms with Crippen LogP contribution in [0.25, 0.3) is 0 Å². The summed E-state index contributed by atoms with van der Waals surface area (Å²) in [6.07, 6.45) is 0.781. The largest absolute Gasteiger partial charge is 0.274 e. The normalized spacial score (nSPS) is 14.5. The highest BCUT2D eigenvalue weighted by Gasteiger charge is 2.26. The molecule has 14 heavy (non-hydrogen) atoms. The number of hydrogen-bond acceptors (Lipinski definition) is 2. The molecule has 82 valence electrons. The van der Waals surface area contributed by atoms with E-state index in [1.807, 2.05) is 0 Å². The van der Waals surface area contributed by atoms with Gasteiger partial charge in [-0.3, -0.25) is 9.59 Å². The van der Waals surface area contributed by atoms with Gasteiger partial charge in [0.05, 0.1) is 23.7 Å². The average Bonchev–Trinajstić information content (AvgIpc) is 2.39. The van der Waals surface area contributed by atoms with E-state index in [-0.39, 0.29) is 12.7 Å². The van der Waals surface area contributed by atoms with Gasteiger partial charge in [-0.25, -0.2) is 3.11 Å². The fourth-order valence-electron chi connectivity index (χ4n) is 0.549. The van der Waals surface area contributed by atoms with Gasteiger partial charge in [0.15, 0.2) is 0 Å². The molecule has 0 N–H and O–H groups in total. The van der Waals surface area contributed by atoms with E-state index in [4.69, 9.17) is 0 Å². The second-order valence-corrected chi connectivity index (χ2v) is 28.4. The van der Waals surface area contributed by atoms with Gasteiger partial charge in [-0.05, 0) is 66.1 Å². The van der Waals surface area contributed by atoms with Gasteiger partial charge in [-0.15, -0.1) is 13.2 Å². The molecule has 0 unspecified atom stereocenters. The highest BCUT2D eigenvalue weighted by molar-refractivity contribution is 14.4. The SMILES string of the molecule is C=C.IP(I)I.O=C1CCC(=O)N1I. The van der Waals surface area contributed by atoms with Crippen molar-refractivity contribution in [2.75, 3.05) is 0 Å². The van der Waals surface area contributed by atoms with Crippen LogP contribution < -0.4 is 0 Å². The van der Waals surface area contributed by atoms with Crippen LogP contribution in [-0.2, 0) is 9.59 Å². The van der Waals surface area contributed by atoms with Crippen molar-refractivity contribution in [1.82, 2.24) is 3.11 Å². The monoisotopic (exact) mass is 665 g/mol. The molecule has 1 aliphatic rings. The summed E-state index contributed by atoms with van der Waals surface area (Å²) in [6.45, 7) is 6.00. The Morgan fingerprint density at radius 2 is 1.29 bits per heavy atom. The number of nitrogens with zero attached hydrogens (tertiary/aromatic N) is 1. The van der Waals surface area contributed by atoms with Gasteiger partial charge in [-0.2, -0.15) is 0 Å². The lowest BCUT2D eigenvalue weighted by Gasteiger charge is -1.97. The number of halogens is 4. The summed E-state index contributed by atoms with van der Waals surface area (Å²) in [5, 5.41) is 0. The predicted octanol–water partition coefficient (Wildman–Crippen LogP) is 4.81. The van der Waals surface area contributed by atoms with Crippen LogP contribution in [0.3, 0.4) is 0 Å². The molecule has 3 nitrogen and oxygen atoms in total. The number of hydrogen-bond donors (Lipinski definition) is 0. The lowest BCUT2D eigenvalue weighted by atomic mass is 10.4. The summed E-state index contributed by atoms with van der Waals surface area (Å²) < 4.78 is 1.43. The fourth-order valence-corrected chi connectivity index (χ4v) is 1.03. The molecule has 0 saturated carbocycles. The zero-order valence-electron chi connectivity index (χ0n) is 7.05. The van der Waals surface area contributed by atoms with Crippen molar-refractivity contribution in [1.29, 1.82) is 0 Å². The van der Waals surface area contributed by atoms with Gasteiger partial charge < -0.3 is 0 Å². The molecule has 0 aliphatic carbocycles. The summed E-state index contributed by atoms with van der Waals surface area (Å²) >= 11 is 8.86. The average molecular weight is 665 g/mol. The Labute approximate surface area is 138 Å². The van der Waals surface area contributed by atoms with Gasteiger partial charge in [0.2, 0.25) is 11.8 Å². The van der Waals surface area contributed by atoms with Crippen molar-refractivity contribution in [3.63, 3.8) is 0 Å². The van der Waals surface area contributed by atoms with E-state index in [0.717, 1.165) is 3.11 Å². The van der Waals surface area contributed by atoms with E-state index < -0.39 is 0 Å². The molecular formula is C6H8I4NO2P. The number of carbonyl (C=O) groups excluding carboxylic acids is 2. The molecular weight excluding hydrogens is 657 g/mol. The summed E-state index contributed by atoms with van der Waals surface area (Å²) in [7, 11) is 0. The molecule has 0 aromatic heterocycles. The lowest BCUT2D eigenvalue weighted by molar-refractivity contribution is -0.130. The number of amides is 2. The van der Waals surface area contributed by atoms with Crippen LogP contribution >= 0.6 is 89.8 Å². The van der Waals surface area contributed by atoms with Crippen LogP contribution in [0.15, 0.2) is 13.2 Å². The Morgan fingerprint density at radius 3 is 1.36 bits per heavy atom. The van der Waals surface area contributed by atoms with Crippen LogP contribution in [-0.4, -0.2) is 14.9 Å². The molecule has 1 saturated heterocycles. The van der Waals surface area contributed by atoms with E-state index >= 15 is 0 Å². The highest BCUT2D eigenvalue weighted by Crippen LogP contribution is 2.61. The van der Waals surface area contributed by atoms with Crippen molar-refractivity contribution in [2.45, 2.75) is 12.8 Å². The smallest absolute Gasteiger partial charge is 0.238 e. The van der Waals surface area contributed by atoms with Gasteiger partial charge in [-0.1, -0.05) is 0 Å². The zero-order valence-corrected chi connectivity index (χ0v) is 16.6. The Balaban J connectivity index is 0. The van der Waals surface area contributed by atoms with Gasteiger partial charge in [0, 0.05) is 12.8 Å². The van der Waals surface area contributed by atoms with Gasteiger partial charge in [0.1, 0.15) is 0 Å². The maximum Gasteiger partial charge on any atom is 0.238 e. The molecule has 1 aliphatic heterocycles. The van der Waals surface area contributed by atoms with Crippen molar-refractivity contribution in [2.24, 2.45) is 0 Å². The van der Waals surface area contributed by atoms with Gasteiger partial charge in [0.25, 0.3) is 0 Å². The third-order valence-electron chi connectivity index (χ3n) is 0.991. The molecule has 1 heterocycles. The lowest BCUT2D eigenvalue weighted by Crippen LogP contribution is -2.16. The van der Waals surface area contributed by atoms with E-state index in [1.54, 1.807) is 22.9 Å². The first-order valence-electron chi connectivity index (χ1n) is 3.24. The Hall–Kier alpha value is 2.23. The highest BCUT2D eigenvalue weighted by atomic mass is 127. The maximum absolute atomic E-state index is 10.5. The third kappa shape index (κ3) is 10.7. The molecule has 0 atom stereocenters. The number of carbonyl (C=O) groups is 2. The van der Waals surface area contributed by atoms with Crippen LogP contribution in [0.2, 0.25) is 0 Å². The van der Waals surface area contributed by atoms with Crippen LogP contribution in [0.1, 0.15) is 12.8 Å². The van der Waals surface area contributed by atoms with E-state index in [9.17, 15) is 9.59 Å². The molecule has 0 radical (unpaired) electrons. The van der Waals surface area contributed by atoms with Crippen molar-refractivity contribution in [3.05, 3.63) is 13.2 Å². The van der Waals surface area contributed by atoms with Crippen LogP contribution in [0, 0.1) is 0 Å². The van der Waals surface area contributed by atoms with Crippen LogP contribution in [0.4, 0.5) is 0 Å². The minimum Gasteiger partial charge on any atom is -0.274 e. The van der Waals surface area contributed by atoms with Gasteiger partial charge >= 0.3 is 0 Å². The maximum atomic E-state index is 10.5. The molecule has 2 amide bonds. The van der Waals surface area contributed by atoms with E-state index in [0.29, 0.717) is 12.8 Å². The fraction of sp³-hybridized carbons (Fsp3) is 0.333. The summed E-state index contributed by atoms with van der Waals surface area (Å²) in [5.74, 6) is -0.147. The molecule has 0 spiro atoms. The Kier molecular flexibility index (Phi) is 15.5. The minimum atomic E-state index is -0.0735. The summed E-state index contributed by atoms with van der Waals surface area (Å²) in [4.78, 5) is 21.0. The van der Waals surface area contributed by atoms with Crippen molar-refractivity contribution >= 4 is 102 Å². The summed E-state index contributed by atoms with van der Waals surface area (Å²) in [6, 6.07) is 0. The van der Waals surface area contributed by atoms with Crippen LogP contribution in [0.5, 0.6) is 0 Å². The minimum absolute atomic E-state index is 0.0735. The van der Waals surface area contributed by atoms with E-state index in [2.05, 4.69) is 79.3 Å². The number of rotatable bonds is 0. The second-order valence-electron chi connectivity index (χ2n) is 1.76. The molecule has 8 heteroatoms. The molecule has 0 bridgehead atoms. The Morgan fingerprint density at radius 1 is 1.07 bits per heavy atom.